The SMILES string of the molecule is O=C(OCCOc1cccc(Cl)c1)c1ccc2c(c1Cl)C(=O)c1ccccc1C2=O. The standard InChI is InChI=1S/C23H14Cl2O5/c24-13-4-3-5-14(12-13)29-10-11-30-23(28)18-9-8-17-19(20(18)25)22(27)16-7-2-1-6-15(16)21(17)26/h1-9,12H,10-11H2. The Morgan fingerprint density at radius 3 is 2.27 bits per heavy atom. The van der Waals surface area contributed by atoms with Crippen molar-refractivity contribution in [2.24, 2.45) is 0 Å². The van der Waals surface area contributed by atoms with Crippen LogP contribution in [0.4, 0.5) is 0 Å². The molecule has 0 aromatic heterocycles. The maximum atomic E-state index is 12.9. The van der Waals surface area contributed by atoms with Gasteiger partial charge in [-0.25, -0.2) is 4.79 Å². The zero-order chi connectivity index (χ0) is 21.3. The average molecular weight is 441 g/mol. The highest BCUT2D eigenvalue weighted by Gasteiger charge is 2.33. The zero-order valence-corrected chi connectivity index (χ0v) is 17.0. The van der Waals surface area contributed by atoms with Gasteiger partial charge in [-0.05, 0) is 30.3 Å². The normalized spacial score (nSPS) is 12.2. The van der Waals surface area contributed by atoms with Crippen molar-refractivity contribution >= 4 is 40.7 Å². The van der Waals surface area contributed by atoms with Crippen LogP contribution < -0.4 is 4.74 Å². The minimum absolute atomic E-state index is 0.0127. The van der Waals surface area contributed by atoms with Gasteiger partial charge in [0.05, 0.1) is 16.1 Å². The van der Waals surface area contributed by atoms with Crippen molar-refractivity contribution in [3.05, 3.63) is 98.5 Å². The van der Waals surface area contributed by atoms with Crippen molar-refractivity contribution in [3.8, 4) is 5.75 Å². The molecule has 0 N–H and O–H groups in total. The molecule has 30 heavy (non-hydrogen) atoms. The van der Waals surface area contributed by atoms with Gasteiger partial charge in [-0.2, -0.15) is 0 Å². The second-order valence-electron chi connectivity index (χ2n) is 6.50. The number of ketones is 2. The summed E-state index contributed by atoms with van der Waals surface area (Å²) < 4.78 is 10.7. The Balaban J connectivity index is 1.50. The first-order valence-electron chi connectivity index (χ1n) is 9.04. The number of ether oxygens (including phenoxy) is 2. The predicted molar refractivity (Wildman–Crippen MR) is 112 cm³/mol. The number of halogens is 2. The number of fused-ring (bicyclic) bond motifs is 2. The molecule has 7 heteroatoms. The Morgan fingerprint density at radius 2 is 1.53 bits per heavy atom. The molecule has 4 rings (SSSR count). The van der Waals surface area contributed by atoms with Crippen LogP contribution in [0.15, 0.2) is 60.7 Å². The van der Waals surface area contributed by atoms with Gasteiger partial charge < -0.3 is 9.47 Å². The summed E-state index contributed by atoms with van der Waals surface area (Å²) in [6.45, 7) is 0.0773. The first-order valence-corrected chi connectivity index (χ1v) is 9.79. The molecule has 0 aliphatic heterocycles. The van der Waals surface area contributed by atoms with E-state index in [0.717, 1.165) is 0 Å². The Bertz CT molecular complexity index is 1190. The van der Waals surface area contributed by atoms with Crippen LogP contribution in [0.3, 0.4) is 0 Å². The van der Waals surface area contributed by atoms with Gasteiger partial charge in [0.2, 0.25) is 0 Å². The summed E-state index contributed by atoms with van der Waals surface area (Å²) in [4.78, 5) is 38.0. The van der Waals surface area contributed by atoms with Crippen molar-refractivity contribution in [2.75, 3.05) is 13.2 Å². The molecule has 0 spiro atoms. The highest BCUT2D eigenvalue weighted by molar-refractivity contribution is 6.41. The molecule has 0 radical (unpaired) electrons. The molecular weight excluding hydrogens is 427 g/mol. The lowest BCUT2D eigenvalue weighted by Crippen LogP contribution is -2.22. The van der Waals surface area contributed by atoms with Gasteiger partial charge in [-0.3, -0.25) is 9.59 Å². The fraction of sp³-hybridized carbons (Fsp3) is 0.0870. The summed E-state index contributed by atoms with van der Waals surface area (Å²) >= 11 is 12.2. The molecule has 0 atom stereocenters. The van der Waals surface area contributed by atoms with E-state index in [1.54, 1.807) is 48.5 Å². The molecule has 3 aromatic rings. The van der Waals surface area contributed by atoms with Gasteiger partial charge in [-0.1, -0.05) is 53.5 Å². The van der Waals surface area contributed by atoms with Crippen LogP contribution >= 0.6 is 23.2 Å². The van der Waals surface area contributed by atoms with Gasteiger partial charge >= 0.3 is 5.97 Å². The van der Waals surface area contributed by atoms with Gasteiger partial charge in [0.15, 0.2) is 11.6 Å². The van der Waals surface area contributed by atoms with Crippen molar-refractivity contribution in [2.45, 2.75) is 0 Å². The van der Waals surface area contributed by atoms with Gasteiger partial charge in [0.25, 0.3) is 0 Å². The second kappa shape index (κ2) is 8.30. The van der Waals surface area contributed by atoms with E-state index in [9.17, 15) is 14.4 Å². The van der Waals surface area contributed by atoms with Crippen molar-refractivity contribution in [1.29, 1.82) is 0 Å². The van der Waals surface area contributed by atoms with Crippen LogP contribution in [0, 0.1) is 0 Å². The van der Waals surface area contributed by atoms with E-state index < -0.39 is 11.8 Å². The number of hydrogen-bond acceptors (Lipinski definition) is 5. The largest absolute Gasteiger partial charge is 0.490 e. The predicted octanol–water partition coefficient (Wildman–Crippen LogP) is 5.00. The minimum atomic E-state index is -0.711. The van der Waals surface area contributed by atoms with E-state index in [4.69, 9.17) is 32.7 Å². The molecule has 0 unspecified atom stereocenters. The first kappa shape index (κ1) is 20.1. The van der Waals surface area contributed by atoms with E-state index in [2.05, 4.69) is 0 Å². The number of carbonyl (C=O) groups excluding carboxylic acids is 3. The lowest BCUT2D eigenvalue weighted by atomic mass is 9.83. The summed E-state index contributed by atoms with van der Waals surface area (Å²) in [5, 5.41) is 0.437. The van der Waals surface area contributed by atoms with Crippen LogP contribution in [0.25, 0.3) is 0 Å². The maximum absolute atomic E-state index is 12.9. The van der Waals surface area contributed by atoms with Gasteiger partial charge in [-0.15, -0.1) is 0 Å². The van der Waals surface area contributed by atoms with Crippen molar-refractivity contribution in [1.82, 2.24) is 0 Å². The first-order chi connectivity index (χ1) is 14.5. The number of hydrogen-bond donors (Lipinski definition) is 0. The molecule has 0 saturated carbocycles. The van der Waals surface area contributed by atoms with Gasteiger partial charge in [0, 0.05) is 21.7 Å². The second-order valence-corrected chi connectivity index (χ2v) is 7.31. The van der Waals surface area contributed by atoms with Crippen molar-refractivity contribution < 1.29 is 23.9 Å². The molecule has 3 aromatic carbocycles. The summed E-state index contributed by atoms with van der Waals surface area (Å²) in [6.07, 6.45) is 0. The summed E-state index contributed by atoms with van der Waals surface area (Å²) in [5.74, 6) is -0.870. The lowest BCUT2D eigenvalue weighted by Gasteiger charge is -2.19. The van der Waals surface area contributed by atoms with Crippen LogP contribution in [-0.4, -0.2) is 30.7 Å². The molecule has 1 aliphatic carbocycles. The highest BCUT2D eigenvalue weighted by atomic mass is 35.5. The molecule has 0 amide bonds. The molecule has 0 bridgehead atoms. The molecule has 0 fully saturated rings. The smallest absolute Gasteiger partial charge is 0.339 e. The van der Waals surface area contributed by atoms with Crippen molar-refractivity contribution in [3.63, 3.8) is 0 Å². The number of benzene rings is 3. The minimum Gasteiger partial charge on any atom is -0.490 e. The third-order valence-electron chi connectivity index (χ3n) is 4.63. The Hall–Kier alpha value is -3.15. The molecule has 0 heterocycles. The number of carbonyl (C=O) groups is 3. The zero-order valence-electron chi connectivity index (χ0n) is 15.5. The maximum Gasteiger partial charge on any atom is 0.339 e. The fourth-order valence-electron chi connectivity index (χ4n) is 3.23. The van der Waals surface area contributed by atoms with E-state index in [0.29, 0.717) is 16.3 Å². The van der Waals surface area contributed by atoms with Crippen LogP contribution in [0.1, 0.15) is 42.2 Å². The molecule has 0 saturated heterocycles. The number of esters is 1. The molecule has 150 valence electrons. The molecule has 1 aliphatic rings. The Kier molecular flexibility index (Phi) is 5.57. The van der Waals surface area contributed by atoms with E-state index in [1.165, 1.54) is 12.1 Å². The summed E-state index contributed by atoms with van der Waals surface area (Å²) in [7, 11) is 0. The number of rotatable bonds is 5. The van der Waals surface area contributed by atoms with Crippen LogP contribution in [0.5, 0.6) is 5.75 Å². The fourth-order valence-corrected chi connectivity index (χ4v) is 3.74. The lowest BCUT2D eigenvalue weighted by molar-refractivity contribution is 0.0450. The third-order valence-corrected chi connectivity index (χ3v) is 5.26. The average Bonchev–Trinajstić information content (AvgIpc) is 2.75. The molecule has 5 nitrogen and oxygen atoms in total. The Morgan fingerprint density at radius 1 is 0.800 bits per heavy atom. The van der Waals surface area contributed by atoms with Gasteiger partial charge in [0.1, 0.15) is 19.0 Å². The quantitative estimate of drug-likeness (QED) is 0.322. The summed E-state index contributed by atoms with van der Waals surface area (Å²) in [5.41, 5.74) is 0.783. The summed E-state index contributed by atoms with van der Waals surface area (Å²) in [6, 6.07) is 16.2. The molecular formula is C23H14Cl2O5. The Labute approximate surface area is 182 Å². The van der Waals surface area contributed by atoms with Crippen LogP contribution in [-0.2, 0) is 4.74 Å². The van der Waals surface area contributed by atoms with E-state index >= 15 is 0 Å². The highest BCUT2D eigenvalue weighted by Crippen LogP contribution is 2.34. The monoisotopic (exact) mass is 440 g/mol. The third kappa shape index (κ3) is 3.70. The van der Waals surface area contributed by atoms with Crippen LogP contribution in [0.2, 0.25) is 10.0 Å². The van der Waals surface area contributed by atoms with E-state index in [1.807, 2.05) is 0 Å². The topological polar surface area (TPSA) is 69.7 Å². The van der Waals surface area contributed by atoms with E-state index in [-0.39, 0.29) is 46.3 Å².